The van der Waals surface area contributed by atoms with E-state index in [4.69, 9.17) is 24.4 Å². The molecule has 2 aliphatic carbocycles. The van der Waals surface area contributed by atoms with E-state index in [1.165, 1.54) is 6.92 Å². The van der Waals surface area contributed by atoms with Gasteiger partial charge in [0.1, 0.15) is 17.6 Å². The van der Waals surface area contributed by atoms with Gasteiger partial charge in [0.05, 0.1) is 24.0 Å². The second-order valence-electron chi connectivity index (χ2n) is 12.0. The van der Waals surface area contributed by atoms with Crippen molar-refractivity contribution in [1.29, 1.82) is 0 Å². The Morgan fingerprint density at radius 1 is 1.17 bits per heavy atom. The zero-order valence-corrected chi connectivity index (χ0v) is 25.9. The Morgan fingerprint density at radius 2 is 1.89 bits per heavy atom. The number of hydrogen-bond donors (Lipinski definition) is 6. The van der Waals surface area contributed by atoms with Crippen molar-refractivity contribution in [2.75, 3.05) is 13.6 Å². The van der Waals surface area contributed by atoms with Gasteiger partial charge in [0, 0.05) is 30.0 Å². The Morgan fingerprint density at radius 3 is 2.54 bits per heavy atom. The maximum Gasteiger partial charge on any atom is 0.352 e. The van der Waals surface area contributed by atoms with E-state index in [2.05, 4.69) is 10.2 Å². The molecule has 1 spiro atoms. The number of nitrogens with one attached hydrogen (secondary N) is 1. The molecule has 1 amide bonds. The maximum atomic E-state index is 13.2. The van der Waals surface area contributed by atoms with Crippen LogP contribution in [-0.4, -0.2) is 110 Å². The highest BCUT2D eigenvalue weighted by molar-refractivity contribution is 5.89. The lowest BCUT2D eigenvalue weighted by atomic mass is 9.50. The summed E-state index contributed by atoms with van der Waals surface area (Å²) in [6, 6.07) is 1.91. The van der Waals surface area contributed by atoms with Crippen LogP contribution >= 0.6 is 12.4 Å². The number of esters is 2. The molecule has 2 heterocycles. The lowest BCUT2D eigenvalue weighted by Gasteiger charge is -2.61. The van der Waals surface area contributed by atoms with E-state index in [9.17, 15) is 39.3 Å². The van der Waals surface area contributed by atoms with E-state index >= 15 is 0 Å². The third-order valence-corrected chi connectivity index (χ3v) is 9.40. The first kappa shape index (κ1) is 35.1. The molecular formula is C30H37ClN2O13. The van der Waals surface area contributed by atoms with Crippen LogP contribution in [0.5, 0.6) is 5.75 Å². The van der Waals surface area contributed by atoms with Gasteiger partial charge in [-0.3, -0.25) is 9.59 Å². The Balaban J connectivity index is 0.00000480. The molecule has 0 saturated carbocycles. The Labute approximate surface area is 269 Å². The van der Waals surface area contributed by atoms with Crippen molar-refractivity contribution in [2.45, 2.75) is 93.5 Å². The number of carbonyl (C=O) groups is 5. The molecule has 0 unspecified atom stereocenters. The van der Waals surface area contributed by atoms with Crippen molar-refractivity contribution in [3.05, 3.63) is 40.7 Å². The standard InChI is InChI=1S/C30H36N2O13.ClH/c1-14(43-28(41)17(5-6-22(36)37)31-21(35)12-18(34)26(38)39)27(40)44-19-7-8-30(42)20-11-15-3-4-16(13-33)24-23(15)29(30,25(19)45-24)9-10-32(20)2;/h3-4,7,14,17-18,20,25,33-34,42H,5-6,8-13H2,1-2H3,(H,31,35)(H,36,37)(H,38,39);1H/t14-,17-,18-,20+,25-,29-,30+;/m0./s1. The predicted molar refractivity (Wildman–Crippen MR) is 157 cm³/mol. The highest BCUT2D eigenvalue weighted by Crippen LogP contribution is 2.64. The number of benzene rings is 1. The van der Waals surface area contributed by atoms with Gasteiger partial charge >= 0.3 is 23.9 Å². The first-order chi connectivity index (χ1) is 21.2. The fraction of sp³-hybridized carbons (Fsp3) is 0.567. The number of rotatable bonds is 12. The van der Waals surface area contributed by atoms with Crippen LogP contribution in [0.2, 0.25) is 0 Å². The molecule has 6 N–H and O–H groups in total. The molecule has 2 bridgehead atoms. The monoisotopic (exact) mass is 668 g/mol. The molecule has 4 aliphatic rings. The molecular weight excluding hydrogens is 632 g/mol. The number of likely N-dealkylation sites (tertiary alicyclic amines) is 1. The van der Waals surface area contributed by atoms with Gasteiger partial charge in [-0.1, -0.05) is 12.1 Å². The number of ether oxygens (including phenoxy) is 3. The van der Waals surface area contributed by atoms with Gasteiger partial charge in [-0.05, 0) is 51.4 Å². The number of carbonyl (C=O) groups excluding carboxylic acids is 3. The van der Waals surface area contributed by atoms with Crippen LogP contribution in [-0.2, 0) is 51.9 Å². The number of nitrogens with zero attached hydrogens (tertiary/aromatic N) is 1. The Kier molecular flexibility index (Phi) is 10.0. The van der Waals surface area contributed by atoms with Crippen molar-refractivity contribution in [3.8, 4) is 5.75 Å². The molecule has 0 radical (unpaired) electrons. The highest BCUT2D eigenvalue weighted by Gasteiger charge is 2.72. The number of carboxylic acids is 2. The van der Waals surface area contributed by atoms with Gasteiger partial charge < -0.3 is 50.0 Å². The van der Waals surface area contributed by atoms with Crippen LogP contribution < -0.4 is 10.1 Å². The summed E-state index contributed by atoms with van der Waals surface area (Å²) in [5.41, 5.74) is 0.100. The second kappa shape index (κ2) is 13.2. The van der Waals surface area contributed by atoms with E-state index in [0.29, 0.717) is 30.7 Å². The van der Waals surface area contributed by atoms with Crippen molar-refractivity contribution < 1.29 is 63.7 Å². The fourth-order valence-corrected chi connectivity index (χ4v) is 7.17. The molecule has 16 heteroatoms. The summed E-state index contributed by atoms with van der Waals surface area (Å²) in [5.74, 6) is -5.59. The zero-order chi connectivity index (χ0) is 32.8. The predicted octanol–water partition coefficient (Wildman–Crippen LogP) is -0.461. The van der Waals surface area contributed by atoms with Gasteiger partial charge in [-0.2, -0.15) is 0 Å². The number of piperidine rings is 1. The van der Waals surface area contributed by atoms with E-state index in [-0.39, 0.29) is 37.2 Å². The van der Waals surface area contributed by atoms with Gasteiger partial charge in [-0.15, -0.1) is 12.4 Å². The molecule has 2 aliphatic heterocycles. The molecule has 1 aromatic carbocycles. The second-order valence-corrected chi connectivity index (χ2v) is 12.0. The van der Waals surface area contributed by atoms with Crippen molar-refractivity contribution in [1.82, 2.24) is 10.2 Å². The molecule has 1 saturated heterocycles. The number of likely N-dealkylation sites (N-methyl/N-ethyl adjacent to an activating group) is 1. The first-order valence-electron chi connectivity index (χ1n) is 14.6. The third kappa shape index (κ3) is 5.81. The average Bonchev–Trinajstić information content (AvgIpc) is 3.34. The molecule has 46 heavy (non-hydrogen) atoms. The largest absolute Gasteiger partial charge is 0.481 e. The third-order valence-electron chi connectivity index (χ3n) is 9.40. The summed E-state index contributed by atoms with van der Waals surface area (Å²) in [6.07, 6.45) is -3.60. The van der Waals surface area contributed by atoms with Crippen LogP contribution in [0.15, 0.2) is 24.0 Å². The van der Waals surface area contributed by atoms with Crippen LogP contribution in [0.1, 0.15) is 55.7 Å². The van der Waals surface area contributed by atoms with Crippen LogP contribution in [0, 0.1) is 0 Å². The van der Waals surface area contributed by atoms with Crippen molar-refractivity contribution in [3.63, 3.8) is 0 Å². The maximum absolute atomic E-state index is 13.2. The minimum Gasteiger partial charge on any atom is -0.481 e. The Bertz CT molecular complexity index is 1470. The van der Waals surface area contributed by atoms with Crippen molar-refractivity contribution >= 4 is 42.2 Å². The normalized spacial score (nSPS) is 27.4. The van der Waals surface area contributed by atoms with E-state index in [1.54, 1.807) is 12.1 Å². The summed E-state index contributed by atoms with van der Waals surface area (Å²) in [6.45, 7) is 1.56. The molecule has 0 aromatic heterocycles. The summed E-state index contributed by atoms with van der Waals surface area (Å²) in [4.78, 5) is 62.4. The smallest absolute Gasteiger partial charge is 0.352 e. The fourth-order valence-electron chi connectivity index (χ4n) is 7.17. The lowest BCUT2D eigenvalue weighted by Crippen LogP contribution is -2.74. The summed E-state index contributed by atoms with van der Waals surface area (Å²) in [7, 11) is 1.95. The van der Waals surface area contributed by atoms with Gasteiger partial charge in [0.25, 0.3) is 0 Å². The molecule has 1 aromatic rings. The topological polar surface area (TPSA) is 229 Å². The number of halogens is 1. The van der Waals surface area contributed by atoms with E-state index in [1.807, 2.05) is 13.1 Å². The average molecular weight is 669 g/mol. The number of aliphatic hydroxyl groups excluding tert-OH is 2. The van der Waals surface area contributed by atoms with Crippen LogP contribution in [0.25, 0.3) is 0 Å². The lowest BCUT2D eigenvalue weighted by molar-refractivity contribution is -0.176. The SMILES string of the molecule is C[C@H](OC(=O)[C@H](CCC(=O)O)NC(=O)C[C@H](O)C(=O)O)C(=O)OC1=CC[C@@]2(O)[C@H]3Cc4ccc(CO)c5c4[C@@]2(CCN3C)[C@H]1O5.Cl. The van der Waals surface area contributed by atoms with Gasteiger partial charge in [0.2, 0.25) is 5.91 Å². The van der Waals surface area contributed by atoms with Crippen LogP contribution in [0.3, 0.4) is 0 Å². The molecule has 1 fully saturated rings. The van der Waals surface area contributed by atoms with Crippen LogP contribution in [0.4, 0.5) is 0 Å². The summed E-state index contributed by atoms with van der Waals surface area (Å²) < 4.78 is 17.4. The molecule has 252 valence electrons. The quantitative estimate of drug-likeness (QED) is 0.155. The summed E-state index contributed by atoms with van der Waals surface area (Å²) >= 11 is 0. The number of aliphatic hydroxyl groups is 3. The van der Waals surface area contributed by atoms with Gasteiger partial charge in [-0.25, -0.2) is 14.4 Å². The Hall–Kier alpha value is -3.76. The number of hydrogen-bond acceptors (Lipinski definition) is 12. The first-order valence-corrected chi connectivity index (χ1v) is 14.6. The number of aliphatic carboxylic acids is 2. The number of amides is 1. The molecule has 15 nitrogen and oxygen atoms in total. The highest BCUT2D eigenvalue weighted by atomic mass is 35.5. The van der Waals surface area contributed by atoms with E-state index in [0.717, 1.165) is 11.1 Å². The number of carboxylic acid groups (broad SMARTS) is 2. The summed E-state index contributed by atoms with van der Waals surface area (Å²) in [5, 5.41) is 51.8. The minimum absolute atomic E-state index is 0. The van der Waals surface area contributed by atoms with E-state index < -0.39 is 84.4 Å². The minimum atomic E-state index is -2.05. The van der Waals surface area contributed by atoms with Gasteiger partial charge in [0.15, 0.2) is 18.3 Å². The van der Waals surface area contributed by atoms with Crippen molar-refractivity contribution in [2.24, 2.45) is 0 Å². The molecule has 5 rings (SSSR count). The zero-order valence-electron chi connectivity index (χ0n) is 25.1. The molecule has 7 atom stereocenters.